The van der Waals surface area contributed by atoms with Crippen LogP contribution in [0, 0.1) is 0 Å². The minimum atomic E-state index is 0. The Kier molecular flexibility index (Phi) is 5.04. The van der Waals surface area contributed by atoms with E-state index in [0.29, 0.717) is 12.1 Å². The van der Waals surface area contributed by atoms with Gasteiger partial charge in [-0.25, -0.2) is 0 Å². The first-order valence-corrected chi connectivity index (χ1v) is 3.61. The van der Waals surface area contributed by atoms with Gasteiger partial charge in [-0.3, -0.25) is 0 Å². The van der Waals surface area contributed by atoms with E-state index in [9.17, 15) is 0 Å². The lowest BCUT2D eigenvalue weighted by atomic mass is 9.94. The second-order valence-corrected chi connectivity index (χ2v) is 2.78. The third-order valence-electron chi connectivity index (χ3n) is 2.00. The molecule has 0 aromatic carbocycles. The molecule has 0 radical (unpaired) electrons. The van der Waals surface area contributed by atoms with Gasteiger partial charge in [0.1, 0.15) is 0 Å². The van der Waals surface area contributed by atoms with E-state index in [1.807, 2.05) is 0 Å². The average molecular weight is 166 g/mol. The standard InChI is InChI=1S/C7H15NO.ClH/c1-9-7-4-2-3-6(8)5-7;/h6-7H,2-5,8H2,1H3;1H/t6-,7-;/m0./s1. The summed E-state index contributed by atoms with van der Waals surface area (Å²) in [4.78, 5) is 0. The first-order chi connectivity index (χ1) is 4.33. The Morgan fingerprint density at radius 2 is 2.10 bits per heavy atom. The highest BCUT2D eigenvalue weighted by Gasteiger charge is 2.17. The lowest BCUT2D eigenvalue weighted by Gasteiger charge is -2.24. The van der Waals surface area contributed by atoms with Crippen LogP contribution in [0.1, 0.15) is 25.7 Å². The molecule has 0 saturated heterocycles. The molecule has 0 unspecified atom stereocenters. The minimum Gasteiger partial charge on any atom is -0.381 e. The van der Waals surface area contributed by atoms with Crippen molar-refractivity contribution in [2.75, 3.05) is 7.11 Å². The van der Waals surface area contributed by atoms with Gasteiger partial charge in [0.25, 0.3) is 0 Å². The van der Waals surface area contributed by atoms with Crippen LogP contribution < -0.4 is 5.73 Å². The molecule has 0 spiro atoms. The molecule has 0 heterocycles. The highest BCUT2D eigenvalue weighted by Crippen LogP contribution is 2.18. The monoisotopic (exact) mass is 165 g/mol. The van der Waals surface area contributed by atoms with Crippen LogP contribution in [0.5, 0.6) is 0 Å². The predicted molar refractivity (Wildman–Crippen MR) is 44.5 cm³/mol. The van der Waals surface area contributed by atoms with Crippen LogP contribution in [0.25, 0.3) is 0 Å². The van der Waals surface area contributed by atoms with Crippen molar-refractivity contribution in [3.8, 4) is 0 Å². The fourth-order valence-electron chi connectivity index (χ4n) is 1.40. The molecule has 1 fully saturated rings. The Labute approximate surface area is 68.5 Å². The van der Waals surface area contributed by atoms with E-state index in [-0.39, 0.29) is 12.4 Å². The van der Waals surface area contributed by atoms with E-state index in [0.717, 1.165) is 6.42 Å². The van der Waals surface area contributed by atoms with Crippen molar-refractivity contribution in [2.24, 2.45) is 5.73 Å². The minimum absolute atomic E-state index is 0. The molecular formula is C7H16ClNO. The van der Waals surface area contributed by atoms with E-state index in [1.54, 1.807) is 7.11 Å². The quantitative estimate of drug-likeness (QED) is 0.636. The number of nitrogens with two attached hydrogens (primary N) is 1. The van der Waals surface area contributed by atoms with E-state index in [2.05, 4.69) is 0 Å². The number of rotatable bonds is 1. The van der Waals surface area contributed by atoms with E-state index in [4.69, 9.17) is 10.5 Å². The highest BCUT2D eigenvalue weighted by atomic mass is 35.5. The fraction of sp³-hybridized carbons (Fsp3) is 1.00. The zero-order valence-corrected chi connectivity index (χ0v) is 7.19. The number of halogens is 1. The predicted octanol–water partition coefficient (Wildman–Crippen LogP) is 1.32. The second kappa shape index (κ2) is 4.94. The fourth-order valence-corrected chi connectivity index (χ4v) is 1.40. The zero-order valence-electron chi connectivity index (χ0n) is 6.38. The molecule has 0 aromatic heterocycles. The Balaban J connectivity index is 0.000000810. The van der Waals surface area contributed by atoms with Gasteiger partial charge >= 0.3 is 0 Å². The molecule has 2 N–H and O–H groups in total. The lowest BCUT2D eigenvalue weighted by molar-refractivity contribution is 0.0645. The van der Waals surface area contributed by atoms with Gasteiger partial charge in [-0.15, -0.1) is 12.4 Å². The molecule has 1 aliphatic carbocycles. The Morgan fingerprint density at radius 3 is 2.50 bits per heavy atom. The van der Waals surface area contributed by atoms with Crippen molar-refractivity contribution in [1.82, 2.24) is 0 Å². The van der Waals surface area contributed by atoms with Crippen LogP contribution in [0.4, 0.5) is 0 Å². The zero-order chi connectivity index (χ0) is 6.69. The molecular weight excluding hydrogens is 150 g/mol. The van der Waals surface area contributed by atoms with Crippen LogP contribution in [-0.4, -0.2) is 19.3 Å². The summed E-state index contributed by atoms with van der Waals surface area (Å²) in [6.45, 7) is 0. The maximum Gasteiger partial charge on any atom is 0.0586 e. The van der Waals surface area contributed by atoms with Crippen LogP contribution >= 0.6 is 12.4 Å². The molecule has 10 heavy (non-hydrogen) atoms. The Bertz CT molecular complexity index is 89.7. The summed E-state index contributed by atoms with van der Waals surface area (Å²) in [6.07, 6.45) is 5.11. The highest BCUT2D eigenvalue weighted by molar-refractivity contribution is 5.85. The van der Waals surface area contributed by atoms with Gasteiger partial charge in [0.2, 0.25) is 0 Å². The van der Waals surface area contributed by atoms with E-state index >= 15 is 0 Å². The third kappa shape index (κ3) is 2.86. The largest absolute Gasteiger partial charge is 0.381 e. The Hall–Kier alpha value is 0.210. The summed E-state index contributed by atoms with van der Waals surface area (Å²) in [5, 5.41) is 0. The van der Waals surface area contributed by atoms with Crippen molar-refractivity contribution >= 4 is 12.4 Å². The molecule has 1 saturated carbocycles. The van der Waals surface area contributed by atoms with Gasteiger partial charge in [0.15, 0.2) is 0 Å². The molecule has 62 valence electrons. The summed E-state index contributed by atoms with van der Waals surface area (Å²) in [7, 11) is 1.77. The molecule has 1 rings (SSSR count). The van der Waals surface area contributed by atoms with Crippen molar-refractivity contribution in [3.05, 3.63) is 0 Å². The van der Waals surface area contributed by atoms with Gasteiger partial charge < -0.3 is 10.5 Å². The van der Waals surface area contributed by atoms with E-state index in [1.165, 1.54) is 19.3 Å². The lowest BCUT2D eigenvalue weighted by Crippen LogP contribution is -2.31. The van der Waals surface area contributed by atoms with E-state index < -0.39 is 0 Å². The third-order valence-corrected chi connectivity index (χ3v) is 2.00. The maximum atomic E-state index is 5.72. The second-order valence-electron chi connectivity index (χ2n) is 2.78. The SMILES string of the molecule is CO[C@H]1CCC[C@H](N)C1.Cl. The Morgan fingerprint density at radius 1 is 1.40 bits per heavy atom. The summed E-state index contributed by atoms with van der Waals surface area (Å²) < 4.78 is 5.18. The molecule has 3 heteroatoms. The van der Waals surface area contributed by atoms with Gasteiger partial charge in [-0.05, 0) is 25.7 Å². The van der Waals surface area contributed by atoms with Crippen molar-refractivity contribution in [3.63, 3.8) is 0 Å². The molecule has 2 nitrogen and oxygen atoms in total. The first-order valence-electron chi connectivity index (χ1n) is 3.61. The van der Waals surface area contributed by atoms with Gasteiger partial charge in [0, 0.05) is 13.2 Å². The summed E-state index contributed by atoms with van der Waals surface area (Å²) in [6, 6.07) is 0.392. The van der Waals surface area contributed by atoms with Gasteiger partial charge in [0.05, 0.1) is 6.10 Å². The average Bonchev–Trinajstić information content (AvgIpc) is 1.88. The summed E-state index contributed by atoms with van der Waals surface area (Å²) in [5.41, 5.74) is 5.72. The molecule has 2 atom stereocenters. The topological polar surface area (TPSA) is 35.2 Å². The van der Waals surface area contributed by atoms with Crippen LogP contribution in [0.15, 0.2) is 0 Å². The normalized spacial score (nSPS) is 33.0. The van der Waals surface area contributed by atoms with Gasteiger partial charge in [-0.2, -0.15) is 0 Å². The molecule has 0 aromatic rings. The number of hydrogen-bond acceptors (Lipinski definition) is 2. The van der Waals surface area contributed by atoms with Crippen molar-refractivity contribution < 1.29 is 4.74 Å². The summed E-state index contributed by atoms with van der Waals surface area (Å²) in [5.74, 6) is 0. The van der Waals surface area contributed by atoms with Crippen molar-refractivity contribution in [2.45, 2.75) is 37.8 Å². The number of methoxy groups -OCH3 is 1. The summed E-state index contributed by atoms with van der Waals surface area (Å²) >= 11 is 0. The maximum absolute atomic E-state index is 5.72. The molecule has 0 amide bonds. The molecule has 0 bridgehead atoms. The molecule has 1 aliphatic rings. The van der Waals surface area contributed by atoms with Crippen LogP contribution in [-0.2, 0) is 4.74 Å². The number of hydrogen-bond donors (Lipinski definition) is 1. The number of ether oxygens (including phenoxy) is 1. The van der Waals surface area contributed by atoms with Gasteiger partial charge in [-0.1, -0.05) is 0 Å². The van der Waals surface area contributed by atoms with Crippen LogP contribution in [0.3, 0.4) is 0 Å². The van der Waals surface area contributed by atoms with Crippen molar-refractivity contribution in [1.29, 1.82) is 0 Å². The first kappa shape index (κ1) is 10.2. The smallest absolute Gasteiger partial charge is 0.0586 e. The molecule has 0 aliphatic heterocycles. The van der Waals surface area contributed by atoms with Crippen LogP contribution in [0.2, 0.25) is 0 Å².